The Morgan fingerprint density at radius 3 is 2.59 bits per heavy atom. The van der Waals surface area contributed by atoms with Crippen LogP contribution in [0.5, 0.6) is 0 Å². The van der Waals surface area contributed by atoms with Gasteiger partial charge in [-0.25, -0.2) is 0 Å². The third-order valence-corrected chi connectivity index (χ3v) is 5.81. The summed E-state index contributed by atoms with van der Waals surface area (Å²) in [7, 11) is 0. The smallest absolute Gasteiger partial charge is 0.317 e. The van der Waals surface area contributed by atoms with Crippen molar-refractivity contribution in [2.24, 2.45) is 5.92 Å². The van der Waals surface area contributed by atoms with Crippen LogP contribution in [0.25, 0.3) is 0 Å². The molecule has 1 atom stereocenters. The Labute approximate surface area is 169 Å². The molecule has 1 heterocycles. The minimum Gasteiger partial charge on any atom is -0.452 e. The molecule has 0 unspecified atom stereocenters. The summed E-state index contributed by atoms with van der Waals surface area (Å²) >= 11 is 6.66. The molecule has 0 aromatic heterocycles. The number of nitrogens with one attached hydrogen (secondary N) is 1. The number of nitriles is 1. The molecule has 1 amide bonds. The number of carbonyl (C=O) groups excluding carboxylic acids is 2. The summed E-state index contributed by atoms with van der Waals surface area (Å²) in [6.07, 6.45) is 1.30. The predicted octanol–water partition coefficient (Wildman–Crippen LogP) is 3.18. The van der Waals surface area contributed by atoms with Crippen LogP contribution in [0.2, 0.25) is 0 Å². The van der Waals surface area contributed by atoms with E-state index >= 15 is 0 Å². The van der Waals surface area contributed by atoms with Gasteiger partial charge in [0.1, 0.15) is 4.32 Å². The van der Waals surface area contributed by atoms with Crippen molar-refractivity contribution in [3.63, 3.8) is 0 Å². The van der Waals surface area contributed by atoms with Gasteiger partial charge in [-0.05, 0) is 49.9 Å². The number of esters is 1. The molecule has 8 heteroatoms. The molecule has 0 radical (unpaired) electrons. The number of rotatable bonds is 5. The molecule has 1 N–H and O–H groups in total. The van der Waals surface area contributed by atoms with E-state index in [2.05, 4.69) is 17.1 Å². The summed E-state index contributed by atoms with van der Waals surface area (Å²) in [5, 5.41) is 11.4. The maximum atomic E-state index is 12.1. The van der Waals surface area contributed by atoms with E-state index in [9.17, 15) is 9.59 Å². The number of hydrogen-bond donors (Lipinski definition) is 1. The number of likely N-dealkylation sites (tertiary alicyclic amines) is 1. The molecule has 1 aliphatic rings. The molecule has 1 aliphatic heterocycles. The highest BCUT2D eigenvalue weighted by Gasteiger charge is 2.21. The minimum absolute atomic E-state index is 0.0827. The fraction of sp³-hybridized carbons (Fsp3) is 0.474. The van der Waals surface area contributed by atoms with E-state index in [4.69, 9.17) is 22.2 Å². The van der Waals surface area contributed by atoms with E-state index in [0.717, 1.165) is 31.8 Å². The first-order valence-corrected chi connectivity index (χ1v) is 10.2. The predicted molar refractivity (Wildman–Crippen MR) is 110 cm³/mol. The SMILES string of the molecule is CC1CCN(C(=S)SCC(=O)O[C@@H](C)C(=O)Nc2ccc(C#N)cc2)CC1. The number of thiocarbonyl (C=S) groups is 1. The van der Waals surface area contributed by atoms with Gasteiger partial charge < -0.3 is 15.0 Å². The van der Waals surface area contributed by atoms with Crippen LogP contribution in [0.1, 0.15) is 32.3 Å². The lowest BCUT2D eigenvalue weighted by Crippen LogP contribution is -2.36. The van der Waals surface area contributed by atoms with E-state index in [1.54, 1.807) is 24.3 Å². The summed E-state index contributed by atoms with van der Waals surface area (Å²) < 4.78 is 5.88. The monoisotopic (exact) mass is 405 g/mol. The van der Waals surface area contributed by atoms with Crippen molar-refractivity contribution < 1.29 is 14.3 Å². The molecule has 1 fully saturated rings. The largest absolute Gasteiger partial charge is 0.452 e. The molecule has 1 aromatic rings. The number of piperidine rings is 1. The van der Waals surface area contributed by atoms with Crippen LogP contribution in [-0.2, 0) is 14.3 Å². The maximum Gasteiger partial charge on any atom is 0.317 e. The van der Waals surface area contributed by atoms with Gasteiger partial charge in [0.15, 0.2) is 6.10 Å². The molecular weight excluding hydrogens is 382 g/mol. The van der Waals surface area contributed by atoms with Crippen molar-refractivity contribution in [2.45, 2.75) is 32.8 Å². The quantitative estimate of drug-likeness (QED) is 0.595. The van der Waals surface area contributed by atoms with Crippen molar-refractivity contribution >= 4 is 45.9 Å². The van der Waals surface area contributed by atoms with E-state index in [1.807, 2.05) is 6.07 Å². The summed E-state index contributed by atoms with van der Waals surface area (Å²) in [5.74, 6) is -0.102. The van der Waals surface area contributed by atoms with Gasteiger partial charge in [-0.15, -0.1) is 0 Å². The number of thioether (sulfide) groups is 1. The van der Waals surface area contributed by atoms with Gasteiger partial charge in [-0.3, -0.25) is 9.59 Å². The van der Waals surface area contributed by atoms with Crippen molar-refractivity contribution in [1.82, 2.24) is 4.90 Å². The van der Waals surface area contributed by atoms with E-state index < -0.39 is 18.0 Å². The van der Waals surface area contributed by atoms with Crippen molar-refractivity contribution in [3.05, 3.63) is 29.8 Å². The second-order valence-corrected chi connectivity index (χ2v) is 8.14. The van der Waals surface area contributed by atoms with Crippen molar-refractivity contribution in [1.29, 1.82) is 5.26 Å². The molecule has 27 heavy (non-hydrogen) atoms. The van der Waals surface area contributed by atoms with Crippen molar-refractivity contribution in [2.75, 3.05) is 24.2 Å². The third kappa shape index (κ3) is 6.85. The van der Waals surface area contributed by atoms with Gasteiger partial charge in [0.05, 0.1) is 17.4 Å². The third-order valence-electron chi connectivity index (χ3n) is 4.31. The first kappa shape index (κ1) is 21.2. The normalized spacial score (nSPS) is 15.5. The zero-order valence-corrected chi connectivity index (χ0v) is 17.1. The molecule has 144 valence electrons. The number of anilines is 1. The Morgan fingerprint density at radius 1 is 1.37 bits per heavy atom. The topological polar surface area (TPSA) is 82.4 Å². The highest BCUT2D eigenvalue weighted by molar-refractivity contribution is 8.23. The number of nitrogens with zero attached hydrogens (tertiary/aromatic N) is 2. The Hall–Kier alpha value is -2.11. The molecule has 0 spiro atoms. The molecule has 0 saturated carbocycles. The van der Waals surface area contributed by atoms with Gasteiger partial charge in [0, 0.05) is 18.8 Å². The van der Waals surface area contributed by atoms with Crippen molar-refractivity contribution in [3.8, 4) is 6.07 Å². The Kier molecular flexibility index (Phi) is 8.07. The average molecular weight is 406 g/mol. The fourth-order valence-corrected chi connectivity index (χ4v) is 3.59. The summed E-state index contributed by atoms with van der Waals surface area (Å²) in [6, 6.07) is 8.46. The summed E-state index contributed by atoms with van der Waals surface area (Å²) in [6.45, 7) is 5.60. The standard InChI is InChI=1S/C19H23N3O3S2/c1-13-7-9-22(10-8-13)19(26)27-12-17(23)25-14(2)18(24)21-16-5-3-15(11-20)4-6-16/h3-6,13-14H,7-10,12H2,1-2H3,(H,21,24)/t14-/m0/s1. The maximum absolute atomic E-state index is 12.1. The average Bonchev–Trinajstić information content (AvgIpc) is 2.67. The lowest BCUT2D eigenvalue weighted by atomic mass is 10.00. The van der Waals surface area contributed by atoms with E-state index in [-0.39, 0.29) is 5.75 Å². The van der Waals surface area contributed by atoms with Crippen LogP contribution in [0.3, 0.4) is 0 Å². The number of carbonyl (C=O) groups is 2. The lowest BCUT2D eigenvalue weighted by molar-refractivity contribution is -0.150. The summed E-state index contributed by atoms with van der Waals surface area (Å²) in [4.78, 5) is 26.2. The molecule has 0 bridgehead atoms. The first-order chi connectivity index (χ1) is 12.9. The van der Waals surface area contributed by atoms with Gasteiger partial charge in [0.2, 0.25) is 0 Å². The molecule has 6 nitrogen and oxygen atoms in total. The molecule has 0 aliphatic carbocycles. The molecule has 1 aromatic carbocycles. The zero-order valence-electron chi connectivity index (χ0n) is 15.4. The van der Waals surface area contributed by atoms with Crippen LogP contribution in [-0.4, -0.2) is 46.0 Å². The highest BCUT2D eigenvalue weighted by Crippen LogP contribution is 2.20. The highest BCUT2D eigenvalue weighted by atomic mass is 32.2. The second kappa shape index (κ2) is 10.3. The van der Waals surface area contributed by atoms with Crippen LogP contribution < -0.4 is 5.32 Å². The first-order valence-electron chi connectivity index (χ1n) is 8.81. The number of ether oxygens (including phenoxy) is 1. The van der Waals surface area contributed by atoms with E-state index in [0.29, 0.717) is 15.6 Å². The van der Waals surface area contributed by atoms with Crippen LogP contribution in [0.4, 0.5) is 5.69 Å². The van der Waals surface area contributed by atoms with Crippen LogP contribution >= 0.6 is 24.0 Å². The minimum atomic E-state index is -0.918. The number of benzene rings is 1. The fourth-order valence-electron chi connectivity index (χ4n) is 2.56. The van der Waals surface area contributed by atoms with Gasteiger partial charge >= 0.3 is 5.97 Å². The second-order valence-electron chi connectivity index (χ2n) is 6.53. The Balaban J connectivity index is 1.73. The summed E-state index contributed by atoms with van der Waals surface area (Å²) in [5.41, 5.74) is 1.04. The Morgan fingerprint density at radius 2 is 2.00 bits per heavy atom. The van der Waals surface area contributed by atoms with Crippen LogP contribution in [0, 0.1) is 17.2 Å². The molecule has 1 saturated heterocycles. The Bertz CT molecular complexity index is 723. The molecular formula is C19H23N3O3S2. The van der Waals surface area contributed by atoms with Crippen LogP contribution in [0.15, 0.2) is 24.3 Å². The van der Waals surface area contributed by atoms with Gasteiger partial charge in [0.25, 0.3) is 5.91 Å². The number of hydrogen-bond acceptors (Lipinski definition) is 6. The van der Waals surface area contributed by atoms with Gasteiger partial charge in [-0.1, -0.05) is 30.9 Å². The van der Waals surface area contributed by atoms with Gasteiger partial charge in [-0.2, -0.15) is 5.26 Å². The van der Waals surface area contributed by atoms with E-state index in [1.165, 1.54) is 18.7 Å². The zero-order chi connectivity index (χ0) is 19.8. The lowest BCUT2D eigenvalue weighted by Gasteiger charge is -2.31. The molecule has 2 rings (SSSR count). The number of amides is 1.